The molecule has 0 fully saturated rings. The average molecular weight is 451 g/mol. The van der Waals surface area contributed by atoms with Crippen molar-refractivity contribution in [3.63, 3.8) is 0 Å². The van der Waals surface area contributed by atoms with Crippen molar-refractivity contribution in [2.24, 2.45) is 23.7 Å². The third-order valence-corrected chi connectivity index (χ3v) is 6.23. The molecule has 3 nitrogen and oxygen atoms in total. The van der Waals surface area contributed by atoms with Crippen molar-refractivity contribution >= 4 is 11.9 Å². The lowest BCUT2D eigenvalue weighted by molar-refractivity contribution is -0.159. The van der Waals surface area contributed by atoms with Gasteiger partial charge in [0.15, 0.2) is 0 Å². The average Bonchev–Trinajstić information content (AvgIpc) is 2.69. The van der Waals surface area contributed by atoms with E-state index in [0.29, 0.717) is 25.2 Å². The summed E-state index contributed by atoms with van der Waals surface area (Å²) in [5, 5.41) is 0. The summed E-state index contributed by atoms with van der Waals surface area (Å²) in [4.78, 5) is 23.7. The summed E-state index contributed by atoms with van der Waals surface area (Å²) in [6.07, 6.45) is 20.0. The molecule has 0 aromatic rings. The molecule has 32 heavy (non-hydrogen) atoms. The highest BCUT2D eigenvalue weighted by Crippen LogP contribution is 2.19. The van der Waals surface area contributed by atoms with Gasteiger partial charge in [0.05, 0.1) is 0 Å². The number of carbonyl (C=O) groups is 2. The molecular weight excluding hydrogens is 396 g/mol. The molecule has 2 unspecified atom stereocenters. The molecule has 2 atom stereocenters. The fourth-order valence-electron chi connectivity index (χ4n) is 4.00. The Hall–Kier alpha value is -1.12. The zero-order chi connectivity index (χ0) is 24.2. The topological polar surface area (TPSA) is 43.4 Å². The number of hydrogen-bond acceptors (Lipinski definition) is 3. The molecular formula is C29H54O3. The predicted molar refractivity (Wildman–Crippen MR) is 137 cm³/mol. The maximum atomic E-state index is 11.8. The van der Waals surface area contributed by atoms with Gasteiger partial charge in [0, 0.05) is 12.8 Å². The van der Waals surface area contributed by atoms with Crippen molar-refractivity contribution in [1.29, 1.82) is 0 Å². The molecule has 0 aliphatic rings. The first kappa shape index (κ1) is 30.9. The van der Waals surface area contributed by atoms with Crippen molar-refractivity contribution in [1.82, 2.24) is 0 Å². The highest BCUT2D eigenvalue weighted by atomic mass is 16.6. The second-order valence-electron chi connectivity index (χ2n) is 10.9. The van der Waals surface area contributed by atoms with Crippen LogP contribution < -0.4 is 0 Å². The summed E-state index contributed by atoms with van der Waals surface area (Å²) in [6, 6.07) is 0. The third kappa shape index (κ3) is 22.1. The van der Waals surface area contributed by atoms with Crippen LogP contribution in [0.1, 0.15) is 138 Å². The second-order valence-corrected chi connectivity index (χ2v) is 10.9. The maximum Gasteiger partial charge on any atom is 0.313 e. The van der Waals surface area contributed by atoms with Gasteiger partial charge in [-0.05, 0) is 42.9 Å². The Balaban J connectivity index is 3.62. The minimum Gasteiger partial charge on any atom is -0.393 e. The Bertz CT molecular complexity index is 493. The molecule has 0 heterocycles. The lowest BCUT2D eigenvalue weighted by atomic mass is 9.95. The standard InChI is InChI=1S/C29H54O3/c1-24(2)16-14-20-26(5)18-10-7-8-12-22-28(30)32-29(31)23-13-9-11-19-27(6)21-15-17-25(3)4/h9,11,24-27H,7-8,10,12-23H2,1-6H3. The highest BCUT2D eigenvalue weighted by molar-refractivity contribution is 5.85. The van der Waals surface area contributed by atoms with Gasteiger partial charge in [-0.25, -0.2) is 0 Å². The van der Waals surface area contributed by atoms with E-state index in [9.17, 15) is 9.59 Å². The minimum atomic E-state index is -0.389. The maximum absolute atomic E-state index is 11.8. The van der Waals surface area contributed by atoms with Gasteiger partial charge in [-0.15, -0.1) is 0 Å². The first-order chi connectivity index (χ1) is 15.2. The molecule has 0 spiro atoms. The summed E-state index contributed by atoms with van der Waals surface area (Å²) < 4.78 is 4.95. The van der Waals surface area contributed by atoms with E-state index in [0.717, 1.165) is 43.4 Å². The van der Waals surface area contributed by atoms with Gasteiger partial charge in [-0.2, -0.15) is 0 Å². The number of rotatable bonds is 20. The Morgan fingerprint density at radius 2 is 1.12 bits per heavy atom. The number of allylic oxidation sites excluding steroid dienone is 2. The Morgan fingerprint density at radius 3 is 1.75 bits per heavy atom. The third-order valence-electron chi connectivity index (χ3n) is 6.23. The van der Waals surface area contributed by atoms with Crippen LogP contribution in [-0.2, 0) is 14.3 Å². The van der Waals surface area contributed by atoms with Gasteiger partial charge in [0.1, 0.15) is 0 Å². The molecule has 0 aromatic carbocycles. The summed E-state index contributed by atoms with van der Waals surface area (Å²) in [5.41, 5.74) is 0. The van der Waals surface area contributed by atoms with Gasteiger partial charge in [-0.1, -0.05) is 118 Å². The van der Waals surface area contributed by atoms with E-state index in [2.05, 4.69) is 53.7 Å². The van der Waals surface area contributed by atoms with E-state index in [-0.39, 0.29) is 11.9 Å². The molecule has 0 amide bonds. The minimum absolute atomic E-state index is 0.290. The van der Waals surface area contributed by atoms with Gasteiger partial charge in [-0.3, -0.25) is 9.59 Å². The molecule has 0 N–H and O–H groups in total. The van der Waals surface area contributed by atoms with E-state index < -0.39 is 0 Å². The van der Waals surface area contributed by atoms with Crippen LogP contribution in [0, 0.1) is 23.7 Å². The molecule has 0 bridgehead atoms. The van der Waals surface area contributed by atoms with E-state index in [1.165, 1.54) is 51.4 Å². The van der Waals surface area contributed by atoms with E-state index >= 15 is 0 Å². The van der Waals surface area contributed by atoms with E-state index in [1.54, 1.807) is 0 Å². The molecule has 0 aromatic heterocycles. The van der Waals surface area contributed by atoms with Crippen LogP contribution in [0.4, 0.5) is 0 Å². The van der Waals surface area contributed by atoms with Crippen LogP contribution >= 0.6 is 0 Å². The smallest absolute Gasteiger partial charge is 0.313 e. The predicted octanol–water partition coefficient (Wildman–Crippen LogP) is 9.05. The summed E-state index contributed by atoms with van der Waals surface area (Å²) >= 11 is 0. The molecule has 0 aliphatic heterocycles. The van der Waals surface area contributed by atoms with Gasteiger partial charge in [0.2, 0.25) is 0 Å². The molecule has 0 saturated carbocycles. The van der Waals surface area contributed by atoms with E-state index in [1.807, 2.05) is 0 Å². The Kier molecular flexibility index (Phi) is 19.8. The van der Waals surface area contributed by atoms with Crippen LogP contribution in [0.2, 0.25) is 0 Å². The lowest BCUT2D eigenvalue weighted by Gasteiger charge is -2.12. The monoisotopic (exact) mass is 450 g/mol. The number of ether oxygens (including phenoxy) is 1. The van der Waals surface area contributed by atoms with Crippen molar-refractivity contribution in [2.45, 2.75) is 138 Å². The summed E-state index contributed by atoms with van der Waals surface area (Å²) in [7, 11) is 0. The fourth-order valence-corrected chi connectivity index (χ4v) is 4.00. The molecule has 0 aliphatic carbocycles. The van der Waals surface area contributed by atoms with Crippen molar-refractivity contribution in [3.05, 3.63) is 12.2 Å². The Labute approximate surface area is 200 Å². The van der Waals surface area contributed by atoms with Gasteiger partial charge in [0.25, 0.3) is 0 Å². The van der Waals surface area contributed by atoms with Crippen LogP contribution in [0.3, 0.4) is 0 Å². The number of hydrogen-bond donors (Lipinski definition) is 0. The Morgan fingerprint density at radius 1 is 0.594 bits per heavy atom. The highest BCUT2D eigenvalue weighted by Gasteiger charge is 2.10. The largest absolute Gasteiger partial charge is 0.393 e. The molecule has 3 heteroatoms. The lowest BCUT2D eigenvalue weighted by Crippen LogP contribution is -2.11. The molecule has 188 valence electrons. The number of carbonyl (C=O) groups excluding carboxylic acids is 2. The van der Waals surface area contributed by atoms with Crippen molar-refractivity contribution < 1.29 is 14.3 Å². The van der Waals surface area contributed by atoms with Crippen molar-refractivity contribution in [2.75, 3.05) is 0 Å². The molecule has 0 saturated heterocycles. The zero-order valence-corrected chi connectivity index (χ0v) is 22.3. The van der Waals surface area contributed by atoms with Crippen LogP contribution in [0.25, 0.3) is 0 Å². The quantitative estimate of drug-likeness (QED) is 0.0804. The van der Waals surface area contributed by atoms with Crippen LogP contribution in [0.15, 0.2) is 12.2 Å². The normalized spacial score (nSPS) is 13.8. The SMILES string of the molecule is CC(C)CCCC(C)CC=CCCC(=O)OC(=O)CCCCCCC(C)CCCC(C)C. The zero-order valence-electron chi connectivity index (χ0n) is 22.3. The van der Waals surface area contributed by atoms with Crippen LogP contribution in [-0.4, -0.2) is 11.9 Å². The summed E-state index contributed by atoms with van der Waals surface area (Å²) in [6.45, 7) is 13.8. The number of unbranched alkanes of at least 4 members (excludes halogenated alkanes) is 3. The summed E-state index contributed by atoms with van der Waals surface area (Å²) in [5.74, 6) is 2.33. The van der Waals surface area contributed by atoms with Gasteiger partial charge >= 0.3 is 11.9 Å². The molecule has 0 radical (unpaired) electrons. The van der Waals surface area contributed by atoms with Gasteiger partial charge < -0.3 is 4.74 Å². The number of esters is 2. The second kappa shape index (κ2) is 20.5. The molecule has 0 rings (SSSR count). The van der Waals surface area contributed by atoms with Crippen LogP contribution in [0.5, 0.6) is 0 Å². The fraction of sp³-hybridized carbons (Fsp3) is 0.862. The van der Waals surface area contributed by atoms with E-state index in [4.69, 9.17) is 4.74 Å². The first-order valence-corrected chi connectivity index (χ1v) is 13.6. The first-order valence-electron chi connectivity index (χ1n) is 13.6. The van der Waals surface area contributed by atoms with Crippen molar-refractivity contribution in [3.8, 4) is 0 Å².